The van der Waals surface area contributed by atoms with E-state index in [0.29, 0.717) is 35.1 Å². The van der Waals surface area contributed by atoms with Crippen LogP contribution >= 0.6 is 0 Å². The van der Waals surface area contributed by atoms with Crippen LogP contribution in [0.25, 0.3) is 10.9 Å². The van der Waals surface area contributed by atoms with Crippen molar-refractivity contribution in [2.75, 3.05) is 31.8 Å². The molecule has 174 valence electrons. The van der Waals surface area contributed by atoms with Crippen LogP contribution in [0.3, 0.4) is 0 Å². The summed E-state index contributed by atoms with van der Waals surface area (Å²) >= 11 is 0. The average Bonchev–Trinajstić information content (AvgIpc) is 2.81. The molecular weight excluding hydrogens is 430 g/mol. The zero-order chi connectivity index (χ0) is 23.5. The van der Waals surface area contributed by atoms with Gasteiger partial charge in [0.1, 0.15) is 11.9 Å². The molecule has 3 aromatic heterocycles. The number of pyridine rings is 2. The summed E-state index contributed by atoms with van der Waals surface area (Å²) in [5, 5.41) is 7.52. The summed E-state index contributed by atoms with van der Waals surface area (Å²) in [6.45, 7) is 0. The summed E-state index contributed by atoms with van der Waals surface area (Å²) in [5.41, 5.74) is 2.50. The molecule has 0 aliphatic heterocycles. The molecule has 9 nitrogen and oxygen atoms in total. The van der Waals surface area contributed by atoms with Gasteiger partial charge in [-0.05, 0) is 32.3 Å². The van der Waals surface area contributed by atoms with E-state index in [2.05, 4.69) is 49.6 Å². The van der Waals surface area contributed by atoms with Crippen LogP contribution in [-0.4, -0.2) is 58.2 Å². The number of rotatable bonds is 8. The first-order valence-electron chi connectivity index (χ1n) is 11.2. The number of benzene rings is 1. The minimum atomic E-state index is 0.156. The van der Waals surface area contributed by atoms with Crippen molar-refractivity contribution in [1.29, 1.82) is 0 Å². The van der Waals surface area contributed by atoms with Gasteiger partial charge in [-0.15, -0.1) is 0 Å². The Balaban J connectivity index is 1.26. The summed E-state index contributed by atoms with van der Waals surface area (Å²) in [5.74, 6) is 2.14. The Kier molecular flexibility index (Phi) is 6.09. The number of hydrogen-bond acceptors (Lipinski definition) is 9. The first-order chi connectivity index (χ1) is 16.6. The predicted molar refractivity (Wildman–Crippen MR) is 132 cm³/mol. The van der Waals surface area contributed by atoms with E-state index in [-0.39, 0.29) is 6.10 Å². The fraction of sp³-hybridized carbons (Fsp3) is 0.280. The second-order valence-corrected chi connectivity index (χ2v) is 8.49. The van der Waals surface area contributed by atoms with E-state index in [1.54, 1.807) is 31.8 Å². The summed E-state index contributed by atoms with van der Waals surface area (Å²) in [7, 11) is 5.78. The first-order valence-corrected chi connectivity index (χ1v) is 11.2. The van der Waals surface area contributed by atoms with E-state index >= 15 is 0 Å². The molecule has 2 N–H and O–H groups in total. The molecule has 0 spiro atoms. The van der Waals surface area contributed by atoms with Crippen LogP contribution < -0.4 is 20.1 Å². The number of nitrogens with zero attached hydrogens (tertiary/aromatic N) is 5. The van der Waals surface area contributed by atoms with Crippen molar-refractivity contribution >= 4 is 34.0 Å². The van der Waals surface area contributed by atoms with Crippen molar-refractivity contribution in [3.63, 3.8) is 0 Å². The van der Waals surface area contributed by atoms with Crippen LogP contribution in [0, 0.1) is 0 Å². The number of ether oxygens (including phenoxy) is 2. The predicted octanol–water partition coefficient (Wildman–Crippen LogP) is 4.39. The molecule has 0 unspecified atom stereocenters. The molecule has 0 atom stereocenters. The molecule has 3 heterocycles. The molecule has 1 saturated carbocycles. The van der Waals surface area contributed by atoms with Crippen LogP contribution in [0.4, 0.5) is 23.1 Å². The maximum atomic E-state index is 6.04. The van der Waals surface area contributed by atoms with Crippen molar-refractivity contribution in [3.8, 4) is 11.6 Å². The van der Waals surface area contributed by atoms with Gasteiger partial charge in [-0.3, -0.25) is 4.98 Å². The molecule has 5 rings (SSSR count). The van der Waals surface area contributed by atoms with Crippen molar-refractivity contribution < 1.29 is 9.47 Å². The number of fused-ring (bicyclic) bond motifs is 1. The van der Waals surface area contributed by atoms with Gasteiger partial charge in [0.25, 0.3) is 5.88 Å². The first kappa shape index (κ1) is 21.8. The van der Waals surface area contributed by atoms with Gasteiger partial charge in [-0.25, -0.2) is 9.97 Å². The molecule has 34 heavy (non-hydrogen) atoms. The molecule has 0 amide bonds. The lowest BCUT2D eigenvalue weighted by atomic mass is 9.88. The number of hydrogen-bond donors (Lipinski definition) is 2. The maximum absolute atomic E-state index is 6.04. The van der Waals surface area contributed by atoms with E-state index < -0.39 is 0 Å². The molecule has 0 saturated heterocycles. The molecule has 4 aromatic rings. The summed E-state index contributed by atoms with van der Waals surface area (Å²) in [4.78, 5) is 20.0. The van der Waals surface area contributed by atoms with E-state index in [4.69, 9.17) is 9.47 Å². The summed E-state index contributed by atoms with van der Waals surface area (Å²) in [6.07, 6.45) is 7.29. The molecular formula is C25H27N7O2. The van der Waals surface area contributed by atoms with Crippen molar-refractivity contribution in [2.24, 2.45) is 0 Å². The van der Waals surface area contributed by atoms with Gasteiger partial charge in [0.05, 0.1) is 36.4 Å². The zero-order valence-corrected chi connectivity index (χ0v) is 19.4. The van der Waals surface area contributed by atoms with Crippen molar-refractivity contribution in [2.45, 2.75) is 25.0 Å². The highest BCUT2D eigenvalue weighted by Gasteiger charge is 2.33. The lowest BCUT2D eigenvalue weighted by Gasteiger charge is -2.39. The summed E-state index contributed by atoms with van der Waals surface area (Å²) in [6, 6.07) is 14.2. The number of nitrogens with one attached hydrogen (secondary N) is 2. The third-order valence-electron chi connectivity index (χ3n) is 5.89. The van der Waals surface area contributed by atoms with E-state index in [1.165, 1.54) is 0 Å². The molecule has 1 fully saturated rings. The van der Waals surface area contributed by atoms with Gasteiger partial charge in [0.2, 0.25) is 5.95 Å². The number of para-hydroxylation sites is 1. The standard InChI is InChI=1S/C25H27N7O2/c1-32(2)19-12-20(13-19)34-24-22(33-3)11-18(15-28-24)30-25-26-9-8-23(31-25)29-17-10-16-6-4-5-7-21(16)27-14-17/h4-11,14-15,19-20H,12-13H2,1-3H3,(H2,26,29,30,31). The summed E-state index contributed by atoms with van der Waals surface area (Å²) < 4.78 is 11.5. The third-order valence-corrected chi connectivity index (χ3v) is 5.89. The fourth-order valence-electron chi connectivity index (χ4n) is 3.85. The highest BCUT2D eigenvalue weighted by atomic mass is 16.5. The molecule has 0 bridgehead atoms. The highest BCUT2D eigenvalue weighted by Crippen LogP contribution is 2.34. The Labute approximate surface area is 198 Å². The molecule has 1 aliphatic carbocycles. The molecule has 0 radical (unpaired) electrons. The smallest absolute Gasteiger partial charge is 0.257 e. The van der Waals surface area contributed by atoms with Crippen LogP contribution in [-0.2, 0) is 0 Å². The zero-order valence-electron chi connectivity index (χ0n) is 19.4. The maximum Gasteiger partial charge on any atom is 0.257 e. The Morgan fingerprint density at radius 1 is 0.941 bits per heavy atom. The topological polar surface area (TPSA) is 97.3 Å². The van der Waals surface area contributed by atoms with Gasteiger partial charge in [-0.2, -0.15) is 4.98 Å². The second kappa shape index (κ2) is 9.48. The van der Waals surface area contributed by atoms with E-state index in [9.17, 15) is 0 Å². The number of aromatic nitrogens is 4. The van der Waals surface area contributed by atoms with Gasteiger partial charge in [0, 0.05) is 36.5 Å². The van der Waals surface area contributed by atoms with Gasteiger partial charge < -0.3 is 25.0 Å². The third kappa shape index (κ3) is 4.84. The molecule has 1 aliphatic rings. The lowest BCUT2D eigenvalue weighted by molar-refractivity contribution is 0.0351. The van der Waals surface area contributed by atoms with Gasteiger partial charge in [-0.1, -0.05) is 18.2 Å². The SMILES string of the molecule is COc1cc(Nc2nccc(Nc3cnc4ccccc4c3)n2)cnc1OC1CC(N(C)C)C1. The minimum Gasteiger partial charge on any atom is -0.491 e. The number of anilines is 4. The Morgan fingerprint density at radius 3 is 2.56 bits per heavy atom. The molecule has 1 aromatic carbocycles. The Hall–Kier alpha value is -3.98. The monoisotopic (exact) mass is 457 g/mol. The average molecular weight is 458 g/mol. The minimum absolute atomic E-state index is 0.156. The van der Waals surface area contributed by atoms with Crippen LogP contribution in [0.5, 0.6) is 11.6 Å². The number of methoxy groups -OCH3 is 1. The van der Waals surface area contributed by atoms with Crippen molar-refractivity contribution in [3.05, 3.63) is 61.1 Å². The highest BCUT2D eigenvalue weighted by molar-refractivity contribution is 5.82. The van der Waals surface area contributed by atoms with Crippen LogP contribution in [0.2, 0.25) is 0 Å². The Morgan fingerprint density at radius 2 is 1.74 bits per heavy atom. The Bertz CT molecular complexity index is 1290. The normalized spacial score (nSPS) is 17.3. The second-order valence-electron chi connectivity index (χ2n) is 8.49. The van der Waals surface area contributed by atoms with Crippen LogP contribution in [0.15, 0.2) is 61.1 Å². The quantitative estimate of drug-likeness (QED) is 0.399. The fourth-order valence-corrected chi connectivity index (χ4v) is 3.85. The largest absolute Gasteiger partial charge is 0.491 e. The van der Waals surface area contributed by atoms with Gasteiger partial charge in [0.15, 0.2) is 5.75 Å². The van der Waals surface area contributed by atoms with Gasteiger partial charge >= 0.3 is 0 Å². The van der Waals surface area contributed by atoms with Crippen molar-refractivity contribution in [1.82, 2.24) is 24.8 Å². The lowest BCUT2D eigenvalue weighted by Crippen LogP contribution is -2.46. The van der Waals surface area contributed by atoms with Crippen LogP contribution in [0.1, 0.15) is 12.8 Å². The molecule has 9 heteroatoms. The van der Waals surface area contributed by atoms with E-state index in [1.807, 2.05) is 36.4 Å². The van der Waals surface area contributed by atoms with E-state index in [0.717, 1.165) is 29.4 Å².